The number of nitrogens with zero attached hydrogens (tertiary/aromatic N) is 1. The second-order valence-corrected chi connectivity index (χ2v) is 4.23. The summed E-state index contributed by atoms with van der Waals surface area (Å²) >= 11 is 0. The Kier molecular flexibility index (Phi) is 2.85. The van der Waals surface area contributed by atoms with Gasteiger partial charge in [0, 0.05) is 18.2 Å². The molecule has 1 atom stereocenters. The van der Waals surface area contributed by atoms with Crippen molar-refractivity contribution in [2.45, 2.75) is 19.5 Å². The Morgan fingerprint density at radius 2 is 2.06 bits per heavy atom. The number of anilines is 1. The van der Waals surface area contributed by atoms with E-state index < -0.39 is 11.7 Å². The minimum absolute atomic E-state index is 0.107. The van der Waals surface area contributed by atoms with Gasteiger partial charge in [0.1, 0.15) is 0 Å². The van der Waals surface area contributed by atoms with Gasteiger partial charge in [-0.05, 0) is 24.6 Å². The van der Waals surface area contributed by atoms with Gasteiger partial charge in [-0.3, -0.25) is 4.79 Å². The molecule has 1 heterocycles. The molecule has 0 N–H and O–H groups in total. The first kappa shape index (κ1) is 12.0. The number of hydrogen-bond acceptors (Lipinski definition) is 1. The lowest BCUT2D eigenvalue weighted by atomic mass is 10.1. The predicted molar refractivity (Wildman–Crippen MR) is 57.6 cm³/mol. The van der Waals surface area contributed by atoms with Crippen LogP contribution in [-0.4, -0.2) is 12.5 Å². The minimum atomic E-state index is -4.37. The molecule has 1 fully saturated rings. The van der Waals surface area contributed by atoms with Crippen LogP contribution in [0.4, 0.5) is 18.9 Å². The van der Waals surface area contributed by atoms with Crippen molar-refractivity contribution in [2.24, 2.45) is 5.92 Å². The summed E-state index contributed by atoms with van der Waals surface area (Å²) < 4.78 is 37.6. The number of halogens is 3. The van der Waals surface area contributed by atoms with Crippen molar-refractivity contribution in [1.82, 2.24) is 0 Å². The van der Waals surface area contributed by atoms with E-state index >= 15 is 0 Å². The zero-order chi connectivity index (χ0) is 12.6. The first-order valence-electron chi connectivity index (χ1n) is 5.38. The molecule has 1 aromatic carbocycles. The molecule has 92 valence electrons. The lowest BCUT2D eigenvalue weighted by Crippen LogP contribution is -2.26. The van der Waals surface area contributed by atoms with Gasteiger partial charge < -0.3 is 4.90 Å². The first-order valence-corrected chi connectivity index (χ1v) is 5.38. The van der Waals surface area contributed by atoms with Crippen LogP contribution in [0.15, 0.2) is 24.3 Å². The molecule has 1 amide bonds. The van der Waals surface area contributed by atoms with Gasteiger partial charge in [0.05, 0.1) is 5.56 Å². The third-order valence-corrected chi connectivity index (χ3v) is 2.96. The van der Waals surface area contributed by atoms with Gasteiger partial charge in [-0.2, -0.15) is 13.2 Å². The number of benzene rings is 1. The van der Waals surface area contributed by atoms with Crippen molar-refractivity contribution < 1.29 is 18.0 Å². The molecule has 5 heteroatoms. The molecule has 17 heavy (non-hydrogen) atoms. The summed E-state index contributed by atoms with van der Waals surface area (Å²) in [6, 6.07) is 4.89. The summed E-state index contributed by atoms with van der Waals surface area (Å²) in [4.78, 5) is 13.1. The van der Waals surface area contributed by atoms with E-state index in [2.05, 4.69) is 0 Å². The fraction of sp³-hybridized carbons (Fsp3) is 0.417. The van der Waals surface area contributed by atoms with E-state index in [1.165, 1.54) is 17.0 Å². The average Bonchev–Trinajstić information content (AvgIpc) is 2.59. The molecule has 1 aliphatic rings. The number of carbonyl (C=O) groups excluding carboxylic acids is 1. The van der Waals surface area contributed by atoms with Crippen molar-refractivity contribution in [1.29, 1.82) is 0 Å². The highest BCUT2D eigenvalue weighted by atomic mass is 19.4. The lowest BCUT2D eigenvalue weighted by molar-refractivity contribution is -0.137. The Morgan fingerprint density at radius 3 is 2.59 bits per heavy atom. The third-order valence-electron chi connectivity index (χ3n) is 2.96. The van der Waals surface area contributed by atoms with Crippen LogP contribution in [-0.2, 0) is 11.0 Å². The van der Waals surface area contributed by atoms with Gasteiger partial charge in [0.2, 0.25) is 5.91 Å². The summed E-state index contributed by atoms with van der Waals surface area (Å²) in [6.45, 7) is 2.28. The van der Waals surface area contributed by atoms with Crippen LogP contribution in [0.5, 0.6) is 0 Å². The molecule has 1 aromatic rings. The third kappa shape index (κ3) is 2.28. The molecular weight excluding hydrogens is 231 g/mol. The van der Waals surface area contributed by atoms with Crippen molar-refractivity contribution in [3.05, 3.63) is 29.8 Å². The highest BCUT2D eigenvalue weighted by molar-refractivity contribution is 5.96. The Balaban J connectivity index is 2.31. The average molecular weight is 243 g/mol. The molecule has 1 unspecified atom stereocenters. The standard InChI is InChI=1S/C12H12F3NO/c1-8-5-6-16(11(8)17)10-4-2-3-9(7-10)12(13,14)15/h2-4,7-8H,5-6H2,1H3. The maximum Gasteiger partial charge on any atom is 0.416 e. The smallest absolute Gasteiger partial charge is 0.312 e. The Hall–Kier alpha value is -1.52. The maximum absolute atomic E-state index is 12.5. The number of rotatable bonds is 1. The van der Waals surface area contributed by atoms with Gasteiger partial charge in [0.15, 0.2) is 0 Å². The lowest BCUT2D eigenvalue weighted by Gasteiger charge is -2.17. The van der Waals surface area contributed by atoms with E-state index in [9.17, 15) is 18.0 Å². The molecule has 2 nitrogen and oxygen atoms in total. The number of carbonyl (C=O) groups is 1. The van der Waals surface area contributed by atoms with Crippen LogP contribution < -0.4 is 4.90 Å². The predicted octanol–water partition coefficient (Wildman–Crippen LogP) is 3.08. The molecule has 0 aliphatic carbocycles. The van der Waals surface area contributed by atoms with E-state index in [4.69, 9.17) is 0 Å². The fourth-order valence-corrected chi connectivity index (χ4v) is 1.93. The van der Waals surface area contributed by atoms with Gasteiger partial charge >= 0.3 is 6.18 Å². The van der Waals surface area contributed by atoms with Crippen LogP contribution in [0.2, 0.25) is 0 Å². The molecule has 0 spiro atoms. The number of amides is 1. The monoisotopic (exact) mass is 243 g/mol. The zero-order valence-electron chi connectivity index (χ0n) is 9.29. The van der Waals surface area contributed by atoms with E-state index in [-0.39, 0.29) is 11.8 Å². The maximum atomic E-state index is 12.5. The second kappa shape index (κ2) is 4.05. The van der Waals surface area contributed by atoms with Gasteiger partial charge in [-0.1, -0.05) is 13.0 Å². The fourth-order valence-electron chi connectivity index (χ4n) is 1.93. The quantitative estimate of drug-likeness (QED) is 0.742. The van der Waals surface area contributed by atoms with Gasteiger partial charge in [-0.15, -0.1) is 0 Å². The largest absolute Gasteiger partial charge is 0.416 e. The van der Waals surface area contributed by atoms with Crippen LogP contribution in [0.25, 0.3) is 0 Å². The van der Waals surface area contributed by atoms with Crippen molar-refractivity contribution in [3.8, 4) is 0 Å². The Labute approximate surface area is 97.0 Å². The Bertz CT molecular complexity index is 442. The van der Waals surface area contributed by atoms with Crippen molar-refractivity contribution >= 4 is 11.6 Å². The van der Waals surface area contributed by atoms with Crippen molar-refractivity contribution in [2.75, 3.05) is 11.4 Å². The van der Waals surface area contributed by atoms with Crippen LogP contribution >= 0.6 is 0 Å². The number of alkyl halides is 3. The normalized spacial score (nSPS) is 21.1. The highest BCUT2D eigenvalue weighted by Crippen LogP contribution is 2.33. The molecule has 1 saturated heterocycles. The van der Waals surface area contributed by atoms with Crippen LogP contribution in [0.1, 0.15) is 18.9 Å². The SMILES string of the molecule is CC1CCN(c2cccc(C(F)(F)F)c2)C1=O. The Morgan fingerprint density at radius 1 is 1.35 bits per heavy atom. The zero-order valence-corrected chi connectivity index (χ0v) is 9.29. The van der Waals surface area contributed by atoms with E-state index in [1.54, 1.807) is 6.92 Å². The topological polar surface area (TPSA) is 20.3 Å². The second-order valence-electron chi connectivity index (χ2n) is 4.23. The van der Waals surface area contributed by atoms with Crippen LogP contribution in [0, 0.1) is 5.92 Å². The molecule has 0 bridgehead atoms. The molecule has 0 radical (unpaired) electrons. The highest BCUT2D eigenvalue weighted by Gasteiger charge is 2.33. The molecule has 0 aromatic heterocycles. The van der Waals surface area contributed by atoms with Gasteiger partial charge in [-0.25, -0.2) is 0 Å². The summed E-state index contributed by atoms with van der Waals surface area (Å²) in [5, 5.41) is 0. The summed E-state index contributed by atoms with van der Waals surface area (Å²) in [5.74, 6) is -0.214. The summed E-state index contributed by atoms with van der Waals surface area (Å²) in [7, 11) is 0. The molecular formula is C12H12F3NO. The molecule has 0 saturated carbocycles. The number of hydrogen-bond donors (Lipinski definition) is 0. The van der Waals surface area contributed by atoms with Crippen LogP contribution in [0.3, 0.4) is 0 Å². The summed E-state index contributed by atoms with van der Waals surface area (Å²) in [6.07, 6.45) is -3.68. The van der Waals surface area contributed by atoms with Gasteiger partial charge in [0.25, 0.3) is 0 Å². The first-order chi connectivity index (χ1) is 7.89. The molecule has 1 aliphatic heterocycles. The van der Waals surface area contributed by atoms with Crippen molar-refractivity contribution in [3.63, 3.8) is 0 Å². The van der Waals surface area contributed by atoms with E-state index in [0.29, 0.717) is 18.7 Å². The minimum Gasteiger partial charge on any atom is -0.312 e. The molecule has 2 rings (SSSR count). The summed E-state index contributed by atoms with van der Waals surface area (Å²) in [5.41, 5.74) is -0.392. The van der Waals surface area contributed by atoms with E-state index in [0.717, 1.165) is 12.1 Å². The van der Waals surface area contributed by atoms with E-state index in [1.807, 2.05) is 0 Å².